The standard InChI is InChI=1S/C13H12N2O3/c16-12-10(13(17)18)8-14-11(15-12)7-6-9-4-2-1-3-5-9/h1-5,8H,6-7H2,(H,17,18)(H,14,15,16). The zero-order valence-corrected chi connectivity index (χ0v) is 9.59. The number of carboxylic acids is 1. The van der Waals surface area contributed by atoms with Crippen LogP contribution in [0.3, 0.4) is 0 Å². The number of hydrogen-bond donors (Lipinski definition) is 2. The van der Waals surface area contributed by atoms with Crippen molar-refractivity contribution in [2.75, 3.05) is 0 Å². The van der Waals surface area contributed by atoms with Crippen molar-refractivity contribution in [3.63, 3.8) is 0 Å². The van der Waals surface area contributed by atoms with Gasteiger partial charge in [0.1, 0.15) is 11.4 Å². The number of nitrogens with one attached hydrogen (secondary N) is 1. The van der Waals surface area contributed by atoms with E-state index in [9.17, 15) is 9.59 Å². The van der Waals surface area contributed by atoms with Gasteiger partial charge in [-0.1, -0.05) is 30.3 Å². The normalized spacial score (nSPS) is 10.2. The first-order valence-electron chi connectivity index (χ1n) is 5.52. The van der Waals surface area contributed by atoms with Gasteiger partial charge in [0.05, 0.1) is 0 Å². The molecule has 2 aromatic rings. The lowest BCUT2D eigenvalue weighted by atomic mass is 10.1. The van der Waals surface area contributed by atoms with Gasteiger partial charge in [-0.25, -0.2) is 9.78 Å². The second-order valence-corrected chi connectivity index (χ2v) is 3.86. The van der Waals surface area contributed by atoms with Gasteiger partial charge in [0, 0.05) is 12.6 Å². The highest BCUT2D eigenvalue weighted by Gasteiger charge is 2.09. The summed E-state index contributed by atoms with van der Waals surface area (Å²) in [4.78, 5) is 28.5. The molecule has 5 nitrogen and oxygen atoms in total. The van der Waals surface area contributed by atoms with Crippen molar-refractivity contribution in [3.8, 4) is 0 Å². The minimum atomic E-state index is -1.27. The van der Waals surface area contributed by atoms with Crippen LogP contribution in [0.5, 0.6) is 0 Å². The molecule has 0 spiro atoms. The molecule has 1 aromatic carbocycles. The van der Waals surface area contributed by atoms with Crippen molar-refractivity contribution in [1.82, 2.24) is 9.97 Å². The van der Waals surface area contributed by atoms with Gasteiger partial charge in [-0.15, -0.1) is 0 Å². The van der Waals surface area contributed by atoms with Crippen LogP contribution in [-0.4, -0.2) is 21.0 Å². The number of H-pyrrole nitrogens is 1. The Morgan fingerprint density at radius 3 is 2.56 bits per heavy atom. The Bertz CT molecular complexity index is 605. The summed E-state index contributed by atoms with van der Waals surface area (Å²) in [5, 5.41) is 8.70. The summed E-state index contributed by atoms with van der Waals surface area (Å²) in [5.74, 6) is -0.771. The van der Waals surface area contributed by atoms with Crippen LogP contribution >= 0.6 is 0 Å². The third kappa shape index (κ3) is 2.82. The zero-order chi connectivity index (χ0) is 13.0. The molecule has 0 aliphatic heterocycles. The molecule has 0 unspecified atom stereocenters. The maximum Gasteiger partial charge on any atom is 0.342 e. The molecule has 92 valence electrons. The van der Waals surface area contributed by atoms with Gasteiger partial charge in [0.2, 0.25) is 0 Å². The second-order valence-electron chi connectivity index (χ2n) is 3.86. The number of aromatic nitrogens is 2. The summed E-state index contributed by atoms with van der Waals surface area (Å²) in [6, 6.07) is 9.80. The number of hydrogen-bond acceptors (Lipinski definition) is 3. The molecule has 1 heterocycles. The summed E-state index contributed by atoms with van der Waals surface area (Å²) >= 11 is 0. The molecule has 2 rings (SSSR count). The number of benzene rings is 1. The highest BCUT2D eigenvalue weighted by atomic mass is 16.4. The van der Waals surface area contributed by atoms with E-state index in [2.05, 4.69) is 9.97 Å². The summed E-state index contributed by atoms with van der Waals surface area (Å²) in [6.45, 7) is 0. The average Bonchev–Trinajstić information content (AvgIpc) is 2.37. The van der Waals surface area contributed by atoms with E-state index in [1.54, 1.807) is 0 Å². The van der Waals surface area contributed by atoms with Crippen LogP contribution in [-0.2, 0) is 12.8 Å². The van der Waals surface area contributed by atoms with Crippen LogP contribution in [0.25, 0.3) is 0 Å². The molecule has 0 radical (unpaired) electrons. The van der Waals surface area contributed by atoms with E-state index in [1.165, 1.54) is 0 Å². The largest absolute Gasteiger partial charge is 0.477 e. The third-order valence-electron chi connectivity index (χ3n) is 2.58. The molecule has 5 heteroatoms. The third-order valence-corrected chi connectivity index (χ3v) is 2.58. The van der Waals surface area contributed by atoms with Gasteiger partial charge in [-0.2, -0.15) is 0 Å². The van der Waals surface area contributed by atoms with E-state index in [0.29, 0.717) is 12.2 Å². The fraction of sp³-hybridized carbons (Fsp3) is 0.154. The van der Waals surface area contributed by atoms with E-state index in [1.807, 2.05) is 30.3 Å². The highest BCUT2D eigenvalue weighted by Crippen LogP contribution is 2.02. The van der Waals surface area contributed by atoms with E-state index < -0.39 is 11.5 Å². The van der Waals surface area contributed by atoms with Crippen molar-refractivity contribution in [2.24, 2.45) is 0 Å². The van der Waals surface area contributed by atoms with Crippen LogP contribution in [0, 0.1) is 0 Å². The lowest BCUT2D eigenvalue weighted by molar-refractivity contribution is 0.0694. The van der Waals surface area contributed by atoms with Crippen LogP contribution < -0.4 is 5.56 Å². The molecule has 18 heavy (non-hydrogen) atoms. The molecule has 0 saturated heterocycles. The topological polar surface area (TPSA) is 83.0 Å². The number of carbonyl (C=O) groups is 1. The molecule has 0 aliphatic rings. The Morgan fingerprint density at radius 1 is 1.22 bits per heavy atom. The van der Waals surface area contributed by atoms with Gasteiger partial charge in [-0.3, -0.25) is 4.79 Å². The Kier molecular flexibility index (Phi) is 3.52. The molecule has 0 amide bonds. The molecule has 2 N–H and O–H groups in total. The van der Waals surface area contributed by atoms with Gasteiger partial charge in [0.25, 0.3) is 5.56 Å². The molecule has 0 fully saturated rings. The number of aromatic amines is 1. The van der Waals surface area contributed by atoms with E-state index >= 15 is 0 Å². The molecule has 1 aromatic heterocycles. The fourth-order valence-corrected chi connectivity index (χ4v) is 1.62. The van der Waals surface area contributed by atoms with Crippen LogP contribution in [0.15, 0.2) is 41.3 Å². The Labute approximate surface area is 103 Å². The fourth-order valence-electron chi connectivity index (χ4n) is 1.62. The van der Waals surface area contributed by atoms with Crippen LogP contribution in [0.1, 0.15) is 21.7 Å². The van der Waals surface area contributed by atoms with Gasteiger partial charge in [0.15, 0.2) is 0 Å². The summed E-state index contributed by atoms with van der Waals surface area (Å²) in [7, 11) is 0. The number of aromatic carboxylic acids is 1. The van der Waals surface area contributed by atoms with Crippen molar-refractivity contribution < 1.29 is 9.90 Å². The maximum atomic E-state index is 11.4. The van der Waals surface area contributed by atoms with Gasteiger partial charge in [-0.05, 0) is 12.0 Å². The minimum absolute atomic E-state index is 0.335. The molecule has 0 bridgehead atoms. The van der Waals surface area contributed by atoms with E-state index in [-0.39, 0.29) is 5.56 Å². The molecule has 0 atom stereocenters. The minimum Gasteiger partial charge on any atom is -0.477 e. The van der Waals surface area contributed by atoms with E-state index in [4.69, 9.17) is 5.11 Å². The van der Waals surface area contributed by atoms with Crippen molar-refractivity contribution in [1.29, 1.82) is 0 Å². The quantitative estimate of drug-likeness (QED) is 0.848. The molecular formula is C13H12N2O3. The summed E-state index contributed by atoms with van der Waals surface area (Å²) in [5.41, 5.74) is 0.196. The second kappa shape index (κ2) is 5.27. The Hall–Kier alpha value is -2.43. The van der Waals surface area contributed by atoms with Crippen molar-refractivity contribution >= 4 is 5.97 Å². The first-order valence-corrected chi connectivity index (χ1v) is 5.52. The van der Waals surface area contributed by atoms with Gasteiger partial charge >= 0.3 is 5.97 Å². The first-order chi connectivity index (χ1) is 8.66. The van der Waals surface area contributed by atoms with Crippen LogP contribution in [0.2, 0.25) is 0 Å². The predicted molar refractivity (Wildman–Crippen MR) is 65.7 cm³/mol. The lowest BCUT2D eigenvalue weighted by Gasteiger charge is -2.01. The van der Waals surface area contributed by atoms with E-state index in [0.717, 1.165) is 18.2 Å². The Morgan fingerprint density at radius 2 is 1.94 bits per heavy atom. The first kappa shape index (κ1) is 12.0. The smallest absolute Gasteiger partial charge is 0.342 e. The van der Waals surface area contributed by atoms with Crippen LogP contribution in [0.4, 0.5) is 0 Å². The lowest BCUT2D eigenvalue weighted by Crippen LogP contribution is -2.20. The Balaban J connectivity index is 2.09. The zero-order valence-electron chi connectivity index (χ0n) is 9.59. The number of nitrogens with zero attached hydrogens (tertiary/aromatic N) is 1. The highest BCUT2D eigenvalue weighted by molar-refractivity contribution is 5.86. The average molecular weight is 244 g/mol. The number of aryl methyl sites for hydroxylation is 2. The molecule has 0 saturated carbocycles. The number of carboxylic acid groups (broad SMARTS) is 1. The van der Waals surface area contributed by atoms with Gasteiger partial charge < -0.3 is 10.1 Å². The maximum absolute atomic E-state index is 11.4. The molecular weight excluding hydrogens is 232 g/mol. The van der Waals surface area contributed by atoms with Crippen molar-refractivity contribution in [2.45, 2.75) is 12.8 Å². The SMILES string of the molecule is O=C(O)c1cnc(CCc2ccccc2)[nH]c1=O. The molecule has 0 aliphatic carbocycles. The summed E-state index contributed by atoms with van der Waals surface area (Å²) in [6.07, 6.45) is 2.41. The predicted octanol–water partition coefficient (Wildman–Crippen LogP) is 1.25. The summed E-state index contributed by atoms with van der Waals surface area (Å²) < 4.78 is 0. The monoisotopic (exact) mass is 244 g/mol. The van der Waals surface area contributed by atoms with Crippen molar-refractivity contribution in [3.05, 3.63) is 63.8 Å². The number of rotatable bonds is 4.